The summed E-state index contributed by atoms with van der Waals surface area (Å²) in [6, 6.07) is 0. The minimum atomic E-state index is 0.368. The smallest absolute Gasteiger partial charge is 0.137 e. The Kier molecular flexibility index (Phi) is 2.92. The maximum Gasteiger partial charge on any atom is 0.137 e. The summed E-state index contributed by atoms with van der Waals surface area (Å²) < 4.78 is 5.83. The highest BCUT2D eigenvalue weighted by Crippen LogP contribution is 2.31. The molecule has 0 N–H and O–H groups in total. The number of ether oxygens (including phenoxy) is 1. The molecule has 0 aromatic carbocycles. The van der Waals surface area contributed by atoms with E-state index in [0.29, 0.717) is 17.4 Å². The van der Waals surface area contributed by atoms with Gasteiger partial charge in [-0.1, -0.05) is 18.5 Å². The average Bonchev–Trinajstić information content (AvgIpc) is 2.68. The zero-order valence-corrected chi connectivity index (χ0v) is 10.7. The molecule has 3 heterocycles. The first-order valence-electron chi connectivity index (χ1n) is 6.17. The van der Waals surface area contributed by atoms with Crippen molar-refractivity contribution in [2.24, 2.45) is 0 Å². The minimum Gasteiger partial charge on any atom is -0.371 e. The summed E-state index contributed by atoms with van der Waals surface area (Å²) in [6.45, 7) is 3.94. The second-order valence-corrected chi connectivity index (χ2v) is 5.04. The summed E-state index contributed by atoms with van der Waals surface area (Å²) in [7, 11) is 0. The molecule has 2 atom stereocenters. The quantitative estimate of drug-likeness (QED) is 0.757. The molecule has 0 spiro atoms. The van der Waals surface area contributed by atoms with Crippen LogP contribution in [0.5, 0.6) is 0 Å². The zero-order chi connectivity index (χ0) is 11.8. The molecule has 0 amide bonds. The summed E-state index contributed by atoms with van der Waals surface area (Å²) in [4.78, 5) is 10.8. The summed E-state index contributed by atoms with van der Waals surface area (Å²) in [6.07, 6.45) is 5.48. The maximum atomic E-state index is 6.13. The van der Waals surface area contributed by atoms with Gasteiger partial charge in [0.15, 0.2) is 0 Å². The molecule has 0 saturated carbocycles. The molecule has 2 aliphatic rings. The van der Waals surface area contributed by atoms with Gasteiger partial charge in [0, 0.05) is 18.7 Å². The number of halogens is 1. The van der Waals surface area contributed by atoms with Crippen LogP contribution in [0.1, 0.15) is 25.3 Å². The predicted molar refractivity (Wildman–Crippen MR) is 66.5 cm³/mol. The third kappa shape index (κ3) is 2.00. The fraction of sp³-hybridized carbons (Fsp3) is 0.667. The molecule has 5 heteroatoms. The Morgan fingerprint density at radius 2 is 2.06 bits per heavy atom. The van der Waals surface area contributed by atoms with Crippen molar-refractivity contribution in [2.45, 2.75) is 38.4 Å². The standard InChI is InChI=1S/C12H16ClN3O/c1-2-10-11(13)14-7-15-12(10)16-5-8-3-4-9(6-16)17-8/h7-9H,2-6H2,1H3. The van der Waals surface area contributed by atoms with Crippen molar-refractivity contribution in [1.82, 2.24) is 9.97 Å². The molecule has 2 unspecified atom stereocenters. The van der Waals surface area contributed by atoms with Crippen LogP contribution in [0.25, 0.3) is 0 Å². The number of rotatable bonds is 2. The van der Waals surface area contributed by atoms with Crippen LogP contribution in [0.3, 0.4) is 0 Å². The van der Waals surface area contributed by atoms with Gasteiger partial charge in [-0.05, 0) is 19.3 Å². The van der Waals surface area contributed by atoms with Crippen LogP contribution in [-0.4, -0.2) is 35.3 Å². The van der Waals surface area contributed by atoms with Crippen molar-refractivity contribution in [3.8, 4) is 0 Å². The van der Waals surface area contributed by atoms with Crippen molar-refractivity contribution < 1.29 is 4.74 Å². The van der Waals surface area contributed by atoms with Crippen molar-refractivity contribution in [1.29, 1.82) is 0 Å². The molecule has 2 fully saturated rings. The maximum absolute atomic E-state index is 6.13. The van der Waals surface area contributed by atoms with Crippen molar-refractivity contribution >= 4 is 17.4 Å². The third-order valence-electron chi connectivity index (χ3n) is 3.57. The van der Waals surface area contributed by atoms with Crippen molar-refractivity contribution in [3.05, 3.63) is 17.0 Å². The highest BCUT2D eigenvalue weighted by Gasteiger charge is 2.35. The number of aromatic nitrogens is 2. The zero-order valence-electron chi connectivity index (χ0n) is 9.90. The van der Waals surface area contributed by atoms with E-state index < -0.39 is 0 Å². The van der Waals surface area contributed by atoms with E-state index in [2.05, 4.69) is 21.8 Å². The Morgan fingerprint density at radius 3 is 2.71 bits per heavy atom. The van der Waals surface area contributed by atoms with Gasteiger partial charge >= 0.3 is 0 Å². The second-order valence-electron chi connectivity index (χ2n) is 4.68. The minimum absolute atomic E-state index is 0.368. The number of nitrogens with zero attached hydrogens (tertiary/aromatic N) is 3. The van der Waals surface area contributed by atoms with Gasteiger partial charge in [-0.3, -0.25) is 0 Å². The number of fused-ring (bicyclic) bond motifs is 2. The summed E-state index contributed by atoms with van der Waals surface area (Å²) in [5, 5.41) is 0.580. The predicted octanol–water partition coefficient (Wildman–Crippen LogP) is 2.06. The average molecular weight is 254 g/mol. The number of anilines is 1. The van der Waals surface area contributed by atoms with E-state index in [0.717, 1.165) is 30.9 Å². The van der Waals surface area contributed by atoms with Crippen LogP contribution in [0.2, 0.25) is 5.15 Å². The molecular formula is C12H16ClN3O. The van der Waals surface area contributed by atoms with Gasteiger partial charge in [0.25, 0.3) is 0 Å². The molecule has 3 rings (SSSR count). The summed E-state index contributed by atoms with van der Waals surface area (Å²) >= 11 is 6.13. The molecule has 2 saturated heterocycles. The second kappa shape index (κ2) is 4.42. The first-order valence-corrected chi connectivity index (χ1v) is 6.55. The van der Waals surface area contributed by atoms with E-state index in [1.165, 1.54) is 12.8 Å². The monoisotopic (exact) mass is 253 g/mol. The van der Waals surface area contributed by atoms with Gasteiger partial charge in [0.05, 0.1) is 12.2 Å². The molecule has 2 bridgehead atoms. The van der Waals surface area contributed by atoms with Crippen molar-refractivity contribution in [3.63, 3.8) is 0 Å². The van der Waals surface area contributed by atoms with Crippen molar-refractivity contribution in [2.75, 3.05) is 18.0 Å². The topological polar surface area (TPSA) is 38.2 Å². The fourth-order valence-corrected chi connectivity index (χ4v) is 3.01. The fourth-order valence-electron chi connectivity index (χ4n) is 2.75. The number of morpholine rings is 1. The van der Waals surface area contributed by atoms with Gasteiger partial charge < -0.3 is 9.64 Å². The van der Waals surface area contributed by atoms with Gasteiger partial charge in [-0.15, -0.1) is 0 Å². The van der Waals surface area contributed by atoms with E-state index in [-0.39, 0.29) is 0 Å². The van der Waals surface area contributed by atoms with Gasteiger partial charge in [-0.25, -0.2) is 9.97 Å². The lowest BCUT2D eigenvalue weighted by Gasteiger charge is -2.34. The Balaban J connectivity index is 1.91. The summed E-state index contributed by atoms with van der Waals surface area (Å²) in [5.41, 5.74) is 1.05. The lowest BCUT2D eigenvalue weighted by molar-refractivity contribution is 0.0301. The van der Waals surface area contributed by atoms with Crippen LogP contribution < -0.4 is 4.90 Å². The number of hydrogen-bond acceptors (Lipinski definition) is 4. The van der Waals surface area contributed by atoms with E-state index in [4.69, 9.17) is 16.3 Å². The Morgan fingerprint density at radius 1 is 1.35 bits per heavy atom. The molecule has 1 aromatic rings. The third-order valence-corrected chi connectivity index (χ3v) is 3.89. The van der Waals surface area contributed by atoms with Crippen LogP contribution >= 0.6 is 11.6 Å². The van der Waals surface area contributed by atoms with Gasteiger partial charge in [-0.2, -0.15) is 0 Å². The highest BCUT2D eigenvalue weighted by atomic mass is 35.5. The highest BCUT2D eigenvalue weighted by molar-refractivity contribution is 6.30. The first kappa shape index (κ1) is 11.2. The molecule has 1 aromatic heterocycles. The lowest BCUT2D eigenvalue weighted by atomic mass is 10.2. The largest absolute Gasteiger partial charge is 0.371 e. The van der Waals surface area contributed by atoms with E-state index in [9.17, 15) is 0 Å². The van der Waals surface area contributed by atoms with Crippen LogP contribution in [0.4, 0.5) is 5.82 Å². The Hall–Kier alpha value is -0.870. The van der Waals surface area contributed by atoms with Crippen LogP contribution in [0, 0.1) is 0 Å². The SMILES string of the molecule is CCc1c(Cl)ncnc1N1CC2CCC(C1)O2. The van der Waals surface area contributed by atoms with E-state index >= 15 is 0 Å². The first-order chi connectivity index (χ1) is 8.28. The van der Waals surface area contributed by atoms with Gasteiger partial charge in [0.1, 0.15) is 17.3 Å². The van der Waals surface area contributed by atoms with Crippen LogP contribution in [0.15, 0.2) is 6.33 Å². The Labute approximate surface area is 106 Å². The Bertz CT molecular complexity index is 414. The van der Waals surface area contributed by atoms with E-state index in [1.54, 1.807) is 6.33 Å². The molecule has 2 aliphatic heterocycles. The van der Waals surface area contributed by atoms with Crippen LogP contribution in [-0.2, 0) is 11.2 Å². The van der Waals surface area contributed by atoms with E-state index in [1.807, 2.05) is 0 Å². The molecule has 92 valence electrons. The molecule has 17 heavy (non-hydrogen) atoms. The molecule has 0 aliphatic carbocycles. The lowest BCUT2D eigenvalue weighted by Crippen LogP contribution is -2.43. The summed E-state index contributed by atoms with van der Waals surface area (Å²) in [5.74, 6) is 0.993. The molecule has 4 nitrogen and oxygen atoms in total. The van der Waals surface area contributed by atoms with Gasteiger partial charge in [0.2, 0.25) is 0 Å². The molecule has 0 radical (unpaired) electrons. The molecular weight excluding hydrogens is 238 g/mol. The number of hydrogen-bond donors (Lipinski definition) is 0. The normalized spacial score (nSPS) is 27.5.